The standard InChI is InChI=1S/C12H12Br2FN3O/c1-19-5-4-18-11(7-13)16-17-12(18)9-6-8(15)2-3-10(9)14/h2-3,6H,4-5,7H2,1H3. The van der Waals surface area contributed by atoms with Crippen LogP contribution in [0.2, 0.25) is 0 Å². The van der Waals surface area contributed by atoms with Crippen LogP contribution in [0.1, 0.15) is 5.82 Å². The maximum atomic E-state index is 13.4. The summed E-state index contributed by atoms with van der Waals surface area (Å²) in [5.41, 5.74) is 0.677. The number of rotatable bonds is 5. The smallest absolute Gasteiger partial charge is 0.165 e. The van der Waals surface area contributed by atoms with Gasteiger partial charge in [0.25, 0.3) is 0 Å². The van der Waals surface area contributed by atoms with Crippen LogP contribution in [-0.2, 0) is 16.6 Å². The van der Waals surface area contributed by atoms with Crippen molar-refractivity contribution < 1.29 is 9.13 Å². The summed E-state index contributed by atoms with van der Waals surface area (Å²) in [6.07, 6.45) is 0. The molecule has 0 aliphatic carbocycles. The molecule has 0 atom stereocenters. The second-order valence-electron chi connectivity index (χ2n) is 3.84. The third-order valence-corrected chi connectivity index (χ3v) is 3.83. The number of hydrogen-bond acceptors (Lipinski definition) is 3. The highest BCUT2D eigenvalue weighted by Crippen LogP contribution is 2.28. The molecule has 19 heavy (non-hydrogen) atoms. The highest BCUT2D eigenvalue weighted by Gasteiger charge is 2.15. The molecule has 0 saturated heterocycles. The molecule has 1 aromatic carbocycles. The van der Waals surface area contributed by atoms with E-state index in [1.54, 1.807) is 13.2 Å². The van der Waals surface area contributed by atoms with Crippen molar-refractivity contribution >= 4 is 31.9 Å². The molecule has 0 aliphatic rings. The quantitative estimate of drug-likeness (QED) is 0.732. The molecule has 2 aromatic rings. The van der Waals surface area contributed by atoms with E-state index < -0.39 is 0 Å². The number of alkyl halides is 1. The average Bonchev–Trinajstić information content (AvgIpc) is 2.81. The summed E-state index contributed by atoms with van der Waals surface area (Å²) in [6, 6.07) is 4.50. The first-order valence-electron chi connectivity index (χ1n) is 5.59. The van der Waals surface area contributed by atoms with Crippen LogP contribution >= 0.6 is 31.9 Å². The van der Waals surface area contributed by atoms with Crippen molar-refractivity contribution in [3.8, 4) is 11.4 Å². The summed E-state index contributed by atoms with van der Waals surface area (Å²) in [4.78, 5) is 0. The van der Waals surface area contributed by atoms with E-state index in [0.29, 0.717) is 29.9 Å². The molecule has 0 N–H and O–H groups in total. The minimum Gasteiger partial charge on any atom is -0.383 e. The number of hydrogen-bond donors (Lipinski definition) is 0. The van der Waals surface area contributed by atoms with E-state index in [2.05, 4.69) is 42.1 Å². The highest BCUT2D eigenvalue weighted by atomic mass is 79.9. The zero-order valence-electron chi connectivity index (χ0n) is 10.2. The second kappa shape index (κ2) is 6.58. The van der Waals surface area contributed by atoms with Crippen LogP contribution in [0.25, 0.3) is 11.4 Å². The van der Waals surface area contributed by atoms with Crippen LogP contribution in [0.5, 0.6) is 0 Å². The molecule has 0 fully saturated rings. The molecule has 4 nitrogen and oxygen atoms in total. The van der Waals surface area contributed by atoms with E-state index in [1.165, 1.54) is 12.1 Å². The predicted molar refractivity (Wildman–Crippen MR) is 77.6 cm³/mol. The molecule has 0 amide bonds. The van der Waals surface area contributed by atoms with E-state index in [-0.39, 0.29) is 5.82 Å². The lowest BCUT2D eigenvalue weighted by Gasteiger charge is -2.10. The molecule has 0 saturated carbocycles. The number of aromatic nitrogens is 3. The first-order valence-corrected chi connectivity index (χ1v) is 7.51. The Morgan fingerprint density at radius 1 is 1.37 bits per heavy atom. The van der Waals surface area contributed by atoms with Gasteiger partial charge in [-0.1, -0.05) is 31.9 Å². The SMILES string of the molecule is COCCn1c(CBr)nnc1-c1cc(F)ccc1Br. The third-order valence-electron chi connectivity index (χ3n) is 2.64. The Morgan fingerprint density at radius 3 is 2.84 bits per heavy atom. The monoisotopic (exact) mass is 391 g/mol. The van der Waals surface area contributed by atoms with Crippen molar-refractivity contribution in [2.24, 2.45) is 0 Å². The van der Waals surface area contributed by atoms with E-state index in [9.17, 15) is 4.39 Å². The largest absolute Gasteiger partial charge is 0.383 e. The van der Waals surface area contributed by atoms with E-state index in [4.69, 9.17) is 4.74 Å². The molecule has 0 spiro atoms. The lowest BCUT2D eigenvalue weighted by molar-refractivity contribution is 0.187. The molecule has 2 rings (SSSR count). The van der Waals surface area contributed by atoms with Crippen LogP contribution in [0.4, 0.5) is 4.39 Å². The number of ether oxygens (including phenoxy) is 1. The molecule has 1 heterocycles. The number of benzene rings is 1. The molecule has 0 unspecified atom stereocenters. The molecule has 0 aliphatic heterocycles. The average molecular weight is 393 g/mol. The zero-order valence-corrected chi connectivity index (χ0v) is 13.4. The van der Waals surface area contributed by atoms with E-state index in [1.807, 2.05) is 4.57 Å². The summed E-state index contributed by atoms with van der Waals surface area (Å²) in [6.45, 7) is 1.15. The molecule has 102 valence electrons. The van der Waals surface area contributed by atoms with Gasteiger partial charge in [-0.2, -0.15) is 0 Å². The summed E-state index contributed by atoms with van der Waals surface area (Å²) in [7, 11) is 1.63. The van der Waals surface area contributed by atoms with Gasteiger partial charge in [0, 0.05) is 23.7 Å². The molecular weight excluding hydrogens is 381 g/mol. The fourth-order valence-corrected chi connectivity index (χ4v) is 2.56. The van der Waals surface area contributed by atoms with Gasteiger partial charge in [0.05, 0.1) is 11.9 Å². The van der Waals surface area contributed by atoms with Crippen LogP contribution in [-0.4, -0.2) is 28.5 Å². The Balaban J connectivity index is 2.49. The first-order chi connectivity index (χ1) is 9.17. The second-order valence-corrected chi connectivity index (χ2v) is 5.26. The van der Waals surface area contributed by atoms with Crippen LogP contribution in [0.3, 0.4) is 0 Å². The van der Waals surface area contributed by atoms with E-state index >= 15 is 0 Å². The van der Waals surface area contributed by atoms with Gasteiger partial charge in [-0.25, -0.2) is 4.39 Å². The molecule has 7 heteroatoms. The normalized spacial score (nSPS) is 10.9. The van der Waals surface area contributed by atoms with Gasteiger partial charge in [0.15, 0.2) is 5.82 Å². The Morgan fingerprint density at radius 2 is 2.16 bits per heavy atom. The zero-order chi connectivity index (χ0) is 13.8. The minimum absolute atomic E-state index is 0.306. The Bertz CT molecular complexity index is 574. The summed E-state index contributed by atoms with van der Waals surface area (Å²) >= 11 is 6.78. The van der Waals surface area contributed by atoms with Gasteiger partial charge in [-0.3, -0.25) is 0 Å². The van der Waals surface area contributed by atoms with Crippen LogP contribution in [0, 0.1) is 5.82 Å². The van der Waals surface area contributed by atoms with Crippen molar-refractivity contribution in [3.05, 3.63) is 34.3 Å². The van der Waals surface area contributed by atoms with Crippen molar-refractivity contribution in [3.63, 3.8) is 0 Å². The summed E-state index contributed by atoms with van der Waals surface area (Å²) in [5, 5.41) is 8.82. The third kappa shape index (κ3) is 3.21. The maximum Gasteiger partial charge on any atom is 0.165 e. The van der Waals surface area contributed by atoms with E-state index in [0.717, 1.165) is 10.3 Å². The lowest BCUT2D eigenvalue weighted by atomic mass is 10.2. The number of methoxy groups -OCH3 is 1. The molecule has 0 bridgehead atoms. The van der Waals surface area contributed by atoms with Gasteiger partial charge in [-0.05, 0) is 18.2 Å². The molecule has 1 aromatic heterocycles. The summed E-state index contributed by atoms with van der Waals surface area (Å²) in [5.74, 6) is 1.10. The topological polar surface area (TPSA) is 39.9 Å². The van der Waals surface area contributed by atoms with Gasteiger partial charge in [0.2, 0.25) is 0 Å². The van der Waals surface area contributed by atoms with Gasteiger partial charge in [-0.15, -0.1) is 10.2 Å². The Hall–Kier alpha value is -0.790. The van der Waals surface area contributed by atoms with Crippen molar-refractivity contribution in [1.82, 2.24) is 14.8 Å². The molecule has 0 radical (unpaired) electrons. The van der Waals surface area contributed by atoms with Gasteiger partial charge < -0.3 is 9.30 Å². The van der Waals surface area contributed by atoms with Crippen LogP contribution in [0.15, 0.2) is 22.7 Å². The highest BCUT2D eigenvalue weighted by molar-refractivity contribution is 9.10. The van der Waals surface area contributed by atoms with Crippen molar-refractivity contribution in [1.29, 1.82) is 0 Å². The Kier molecular flexibility index (Phi) is 5.06. The van der Waals surface area contributed by atoms with Crippen molar-refractivity contribution in [2.75, 3.05) is 13.7 Å². The Labute approximate surface area is 127 Å². The molecular formula is C12H12Br2FN3O. The van der Waals surface area contributed by atoms with Gasteiger partial charge in [0.1, 0.15) is 11.6 Å². The lowest BCUT2D eigenvalue weighted by Crippen LogP contribution is -2.09. The summed E-state index contributed by atoms with van der Waals surface area (Å²) < 4.78 is 21.2. The van der Waals surface area contributed by atoms with Gasteiger partial charge >= 0.3 is 0 Å². The minimum atomic E-state index is -0.306. The number of nitrogens with zero attached hydrogens (tertiary/aromatic N) is 3. The fraction of sp³-hybridized carbons (Fsp3) is 0.333. The van der Waals surface area contributed by atoms with Crippen LogP contribution < -0.4 is 0 Å². The predicted octanol–water partition coefficient (Wildman–Crippen LogP) is 3.39. The first kappa shape index (κ1) is 14.6. The van der Waals surface area contributed by atoms with Crippen molar-refractivity contribution in [2.45, 2.75) is 11.9 Å². The number of halogens is 3. The fourth-order valence-electron chi connectivity index (χ4n) is 1.72. The maximum absolute atomic E-state index is 13.4.